The molecule has 138 valence electrons. The molecule has 4 nitrogen and oxygen atoms in total. The summed E-state index contributed by atoms with van der Waals surface area (Å²) in [6.07, 6.45) is 0. The zero-order valence-electron chi connectivity index (χ0n) is 14.6. The number of fused-ring (bicyclic) bond motifs is 1. The fraction of sp³-hybridized carbons (Fsp3) is 0.0455. The number of hydrogen-bond acceptors (Lipinski definition) is 5. The summed E-state index contributed by atoms with van der Waals surface area (Å²) in [5.41, 5.74) is 2.31. The van der Waals surface area contributed by atoms with E-state index in [9.17, 15) is 9.59 Å². The maximum absolute atomic E-state index is 12.8. The molecule has 0 saturated heterocycles. The van der Waals surface area contributed by atoms with Crippen LogP contribution < -0.4 is 0 Å². The van der Waals surface area contributed by atoms with E-state index >= 15 is 0 Å². The molecule has 4 aromatic rings. The highest BCUT2D eigenvalue weighted by molar-refractivity contribution is 9.10. The number of ether oxygens (including phenoxy) is 1. The first-order valence-electron chi connectivity index (χ1n) is 8.51. The lowest BCUT2D eigenvalue weighted by Crippen LogP contribution is -2.15. The molecule has 28 heavy (non-hydrogen) atoms. The second kappa shape index (κ2) is 8.04. The summed E-state index contributed by atoms with van der Waals surface area (Å²) >= 11 is 4.88. The molecule has 0 atom stereocenters. The molecule has 6 heteroatoms. The fourth-order valence-electron chi connectivity index (χ4n) is 2.82. The summed E-state index contributed by atoms with van der Waals surface area (Å²) in [5, 5.41) is 2.66. The molecule has 0 aliphatic heterocycles. The monoisotopic (exact) mass is 451 g/mol. The third kappa shape index (κ3) is 3.88. The SMILES string of the molecule is O=C(COC(=O)c1cc(-c2cccs2)nc2ccccc12)c1ccc(Br)cc1. The van der Waals surface area contributed by atoms with Gasteiger partial charge in [-0.2, -0.15) is 0 Å². The Labute approximate surface area is 173 Å². The maximum Gasteiger partial charge on any atom is 0.339 e. The van der Waals surface area contributed by atoms with E-state index in [1.54, 1.807) is 41.7 Å². The van der Waals surface area contributed by atoms with Gasteiger partial charge in [-0.1, -0.05) is 52.3 Å². The highest BCUT2D eigenvalue weighted by Crippen LogP contribution is 2.28. The van der Waals surface area contributed by atoms with Gasteiger partial charge in [0.2, 0.25) is 0 Å². The number of carbonyl (C=O) groups is 2. The van der Waals surface area contributed by atoms with Crippen LogP contribution in [-0.4, -0.2) is 23.3 Å². The van der Waals surface area contributed by atoms with Crippen molar-refractivity contribution < 1.29 is 14.3 Å². The molecule has 0 bridgehead atoms. The number of Topliss-reactive ketones (excluding diaryl/α,β-unsaturated/α-hetero) is 1. The Bertz CT molecular complexity index is 1150. The van der Waals surface area contributed by atoms with Gasteiger partial charge in [0.05, 0.1) is 21.7 Å². The van der Waals surface area contributed by atoms with Crippen molar-refractivity contribution >= 4 is 49.9 Å². The second-order valence-electron chi connectivity index (χ2n) is 6.06. The minimum absolute atomic E-state index is 0.252. The number of ketones is 1. The van der Waals surface area contributed by atoms with Crippen molar-refractivity contribution in [1.29, 1.82) is 0 Å². The summed E-state index contributed by atoms with van der Waals surface area (Å²) in [5.74, 6) is -0.792. The molecule has 0 radical (unpaired) electrons. The predicted molar refractivity (Wildman–Crippen MR) is 114 cm³/mol. The Morgan fingerprint density at radius 1 is 1.00 bits per heavy atom. The van der Waals surface area contributed by atoms with Gasteiger partial charge < -0.3 is 4.74 Å². The highest BCUT2D eigenvalue weighted by Gasteiger charge is 2.17. The predicted octanol–water partition coefficient (Wildman–Crippen LogP) is 5.77. The van der Waals surface area contributed by atoms with Crippen molar-refractivity contribution in [1.82, 2.24) is 4.98 Å². The average molecular weight is 452 g/mol. The lowest BCUT2D eigenvalue weighted by atomic mass is 10.1. The van der Waals surface area contributed by atoms with Crippen molar-refractivity contribution in [3.63, 3.8) is 0 Å². The molecule has 2 heterocycles. The molecular weight excluding hydrogens is 438 g/mol. The Kier molecular flexibility index (Phi) is 5.32. The van der Waals surface area contributed by atoms with Crippen LogP contribution in [-0.2, 0) is 4.74 Å². The van der Waals surface area contributed by atoms with Crippen LogP contribution in [0.2, 0.25) is 0 Å². The topological polar surface area (TPSA) is 56.3 Å². The van der Waals surface area contributed by atoms with E-state index < -0.39 is 5.97 Å². The highest BCUT2D eigenvalue weighted by atomic mass is 79.9. The number of esters is 1. The van der Waals surface area contributed by atoms with Gasteiger partial charge in [0.15, 0.2) is 12.4 Å². The number of pyridine rings is 1. The normalized spacial score (nSPS) is 10.8. The number of benzene rings is 2. The lowest BCUT2D eigenvalue weighted by Gasteiger charge is -2.09. The van der Waals surface area contributed by atoms with Crippen LogP contribution in [0.5, 0.6) is 0 Å². The number of rotatable bonds is 5. The van der Waals surface area contributed by atoms with E-state index in [4.69, 9.17) is 4.74 Å². The summed E-state index contributed by atoms with van der Waals surface area (Å²) < 4.78 is 6.21. The number of carbonyl (C=O) groups excluding carboxylic acids is 2. The van der Waals surface area contributed by atoms with Gasteiger partial charge in [0, 0.05) is 15.4 Å². The maximum atomic E-state index is 12.8. The molecular formula is C22H14BrNO3S. The number of para-hydroxylation sites is 1. The largest absolute Gasteiger partial charge is 0.454 e. The Morgan fingerprint density at radius 2 is 1.79 bits per heavy atom. The number of hydrogen-bond donors (Lipinski definition) is 0. The molecule has 0 N–H and O–H groups in total. The first-order chi connectivity index (χ1) is 13.6. The Morgan fingerprint density at radius 3 is 2.54 bits per heavy atom. The number of halogens is 1. The van der Waals surface area contributed by atoms with Crippen molar-refractivity contribution in [2.45, 2.75) is 0 Å². The molecule has 0 aliphatic carbocycles. The molecule has 0 spiro atoms. The third-order valence-corrected chi connectivity index (χ3v) is 5.63. The minimum atomic E-state index is -0.540. The van der Waals surface area contributed by atoms with Crippen LogP contribution in [0.3, 0.4) is 0 Å². The van der Waals surface area contributed by atoms with Gasteiger partial charge in [-0.3, -0.25) is 4.79 Å². The standard InChI is InChI=1S/C22H14BrNO3S/c23-15-9-7-14(8-10-15)20(25)13-27-22(26)17-12-19(21-6-3-11-28-21)24-18-5-2-1-4-16(17)18/h1-12H,13H2. The van der Waals surface area contributed by atoms with Crippen LogP contribution in [0.4, 0.5) is 0 Å². The summed E-state index contributed by atoms with van der Waals surface area (Å²) in [6.45, 7) is -0.314. The van der Waals surface area contributed by atoms with Crippen molar-refractivity contribution in [3.8, 4) is 10.6 Å². The fourth-order valence-corrected chi connectivity index (χ4v) is 3.77. The van der Waals surface area contributed by atoms with Gasteiger partial charge in [0.1, 0.15) is 0 Å². The number of aromatic nitrogens is 1. The molecule has 0 unspecified atom stereocenters. The minimum Gasteiger partial charge on any atom is -0.454 e. The zero-order valence-corrected chi connectivity index (χ0v) is 17.0. The summed E-state index contributed by atoms with van der Waals surface area (Å²) in [4.78, 5) is 30.7. The van der Waals surface area contributed by atoms with Crippen molar-refractivity contribution in [2.75, 3.05) is 6.61 Å². The summed E-state index contributed by atoms with van der Waals surface area (Å²) in [6, 6.07) is 20.0. The quantitative estimate of drug-likeness (QED) is 0.285. The Hall–Kier alpha value is -2.83. The molecule has 0 saturated carbocycles. The molecule has 0 amide bonds. The first-order valence-corrected chi connectivity index (χ1v) is 10.2. The van der Waals surface area contributed by atoms with Crippen LogP contribution in [0, 0.1) is 0 Å². The van der Waals surface area contributed by atoms with Gasteiger partial charge in [-0.15, -0.1) is 11.3 Å². The third-order valence-electron chi connectivity index (χ3n) is 4.21. The number of nitrogens with zero attached hydrogens (tertiary/aromatic N) is 1. The number of thiophene rings is 1. The molecule has 4 rings (SSSR count). The van der Waals surface area contributed by atoms with E-state index in [2.05, 4.69) is 20.9 Å². The Balaban J connectivity index is 1.61. The first kappa shape index (κ1) is 18.5. The van der Waals surface area contributed by atoms with Crippen LogP contribution in [0.1, 0.15) is 20.7 Å². The van der Waals surface area contributed by atoms with E-state index in [1.807, 2.05) is 41.8 Å². The van der Waals surface area contributed by atoms with Gasteiger partial charge in [-0.05, 0) is 35.7 Å². The van der Waals surface area contributed by atoms with Crippen LogP contribution in [0.15, 0.2) is 76.6 Å². The van der Waals surface area contributed by atoms with Crippen LogP contribution >= 0.6 is 27.3 Å². The molecule has 2 aromatic heterocycles. The van der Waals surface area contributed by atoms with Gasteiger partial charge in [0.25, 0.3) is 0 Å². The van der Waals surface area contributed by atoms with E-state index in [1.165, 1.54) is 0 Å². The summed E-state index contributed by atoms with van der Waals surface area (Å²) in [7, 11) is 0. The molecule has 2 aromatic carbocycles. The van der Waals surface area contributed by atoms with Crippen molar-refractivity contribution in [2.24, 2.45) is 0 Å². The van der Waals surface area contributed by atoms with E-state index in [0.717, 1.165) is 9.35 Å². The molecule has 0 fully saturated rings. The van der Waals surface area contributed by atoms with E-state index in [0.29, 0.717) is 27.7 Å². The van der Waals surface area contributed by atoms with Crippen LogP contribution in [0.25, 0.3) is 21.5 Å². The van der Waals surface area contributed by atoms with Gasteiger partial charge in [-0.25, -0.2) is 9.78 Å². The molecule has 0 aliphatic rings. The van der Waals surface area contributed by atoms with Gasteiger partial charge >= 0.3 is 5.97 Å². The zero-order chi connectivity index (χ0) is 19.5. The second-order valence-corrected chi connectivity index (χ2v) is 7.92. The average Bonchev–Trinajstić information content (AvgIpc) is 3.26. The lowest BCUT2D eigenvalue weighted by molar-refractivity contribution is 0.0476. The smallest absolute Gasteiger partial charge is 0.339 e. The van der Waals surface area contributed by atoms with E-state index in [-0.39, 0.29) is 12.4 Å². The van der Waals surface area contributed by atoms with Crippen molar-refractivity contribution in [3.05, 3.63) is 87.7 Å².